The van der Waals surface area contributed by atoms with Gasteiger partial charge in [0.1, 0.15) is 0 Å². The van der Waals surface area contributed by atoms with Crippen LogP contribution in [-0.4, -0.2) is 55.0 Å². The molecule has 0 amide bonds. The summed E-state index contributed by atoms with van der Waals surface area (Å²) in [5.41, 5.74) is 0. The van der Waals surface area contributed by atoms with Crippen molar-refractivity contribution >= 4 is 11.9 Å². The molecule has 0 atom stereocenters. The molecule has 0 aliphatic rings. The van der Waals surface area contributed by atoms with Gasteiger partial charge in [0, 0.05) is 38.6 Å². The Morgan fingerprint density at radius 2 is 0.692 bits per heavy atom. The minimum absolute atomic E-state index is 0. The maximum atomic E-state index is 9.10. The van der Waals surface area contributed by atoms with Gasteiger partial charge in [-0.2, -0.15) is 0 Å². The summed E-state index contributed by atoms with van der Waals surface area (Å²) < 4.78 is 0. The van der Waals surface area contributed by atoms with Gasteiger partial charge in [-0.05, 0) is 0 Å². The molecule has 0 saturated heterocycles. The van der Waals surface area contributed by atoms with Gasteiger partial charge < -0.3 is 43.1 Å². The third-order valence-corrected chi connectivity index (χ3v) is 0.183. The molecule has 11 heteroatoms. The summed E-state index contributed by atoms with van der Waals surface area (Å²) in [6.45, 7) is 0. The van der Waals surface area contributed by atoms with Crippen LogP contribution in [0.5, 0.6) is 0 Å². The van der Waals surface area contributed by atoms with E-state index in [2.05, 4.69) is 0 Å². The number of carbonyl (C=O) groups is 2. The molecule has 0 aromatic heterocycles. The standard InChI is InChI=1S/C2H2O4.6H2O.Tb/c3-1(4)2(5)6;;;;;;;/h(H,3,4)(H,5,6);6*1H2;. The normalized spacial score (nSPS) is 3.38. The summed E-state index contributed by atoms with van der Waals surface area (Å²) in [5.74, 6) is -3.65. The molecule has 0 aromatic carbocycles. The first-order valence-electron chi connectivity index (χ1n) is 1.11. The van der Waals surface area contributed by atoms with E-state index in [0.717, 1.165) is 0 Å². The summed E-state index contributed by atoms with van der Waals surface area (Å²) in [7, 11) is 0. The largest absolute Gasteiger partial charge is 0.473 e. The predicted octanol–water partition coefficient (Wildman–Crippen LogP) is -5.79. The molecule has 0 fully saturated rings. The summed E-state index contributed by atoms with van der Waals surface area (Å²) in [5, 5.41) is 14.8. The van der Waals surface area contributed by atoms with Crippen LogP contribution in [0.25, 0.3) is 0 Å². The quantitative estimate of drug-likeness (QED) is 0.401. The van der Waals surface area contributed by atoms with E-state index in [1.54, 1.807) is 0 Å². The second-order valence-electron chi connectivity index (χ2n) is 0.610. The first kappa shape index (κ1) is 75.0. The van der Waals surface area contributed by atoms with Crippen LogP contribution >= 0.6 is 0 Å². The molecule has 1 radical (unpaired) electrons. The zero-order chi connectivity index (χ0) is 5.15. The first-order valence-corrected chi connectivity index (χ1v) is 1.11. The number of aliphatic carboxylic acids is 2. The van der Waals surface area contributed by atoms with Crippen molar-refractivity contribution in [3.05, 3.63) is 0 Å². The number of carboxylic acid groups (broad SMARTS) is 2. The van der Waals surface area contributed by atoms with Gasteiger partial charge in [-0.1, -0.05) is 0 Å². The zero-order valence-electron chi connectivity index (χ0n) is 6.04. The molecule has 14 N–H and O–H groups in total. The fraction of sp³-hybridized carbons (Fsp3) is 0. The Balaban J connectivity index is -0.00000000595. The number of hydrogen-bond acceptors (Lipinski definition) is 2. The second-order valence-corrected chi connectivity index (χ2v) is 0.610. The van der Waals surface area contributed by atoms with Gasteiger partial charge in [0.15, 0.2) is 0 Å². The van der Waals surface area contributed by atoms with Crippen molar-refractivity contribution in [3.8, 4) is 0 Å². The van der Waals surface area contributed by atoms with Crippen molar-refractivity contribution < 1.29 is 91.3 Å². The van der Waals surface area contributed by atoms with Gasteiger partial charge in [0.05, 0.1) is 0 Å². The zero-order valence-corrected chi connectivity index (χ0v) is 8.18. The van der Waals surface area contributed by atoms with Gasteiger partial charge in [-0.15, -0.1) is 0 Å². The Labute approximate surface area is 103 Å². The summed E-state index contributed by atoms with van der Waals surface area (Å²) >= 11 is 0. The Morgan fingerprint density at radius 3 is 0.692 bits per heavy atom. The average molecular weight is 357 g/mol. The molecule has 0 aliphatic carbocycles. The van der Waals surface area contributed by atoms with Crippen LogP contribution in [0.4, 0.5) is 0 Å². The molecule has 91 valence electrons. The van der Waals surface area contributed by atoms with E-state index in [1.165, 1.54) is 0 Å². The minimum atomic E-state index is -1.82. The van der Waals surface area contributed by atoms with Crippen molar-refractivity contribution in [1.29, 1.82) is 0 Å². The van der Waals surface area contributed by atoms with Crippen molar-refractivity contribution in [2.75, 3.05) is 0 Å². The van der Waals surface area contributed by atoms with E-state index < -0.39 is 11.9 Å². The molecule has 0 saturated carbocycles. The van der Waals surface area contributed by atoms with Crippen LogP contribution in [0.2, 0.25) is 0 Å². The van der Waals surface area contributed by atoms with E-state index in [-0.39, 0.29) is 71.5 Å². The van der Waals surface area contributed by atoms with Gasteiger partial charge in [0.2, 0.25) is 0 Å². The van der Waals surface area contributed by atoms with E-state index in [9.17, 15) is 0 Å². The van der Waals surface area contributed by atoms with Crippen LogP contribution in [0.15, 0.2) is 0 Å². The van der Waals surface area contributed by atoms with Crippen LogP contribution in [0.3, 0.4) is 0 Å². The second kappa shape index (κ2) is 40.4. The maximum Gasteiger partial charge on any atom is 0.414 e. The van der Waals surface area contributed by atoms with E-state index in [1.807, 2.05) is 0 Å². The molecule has 0 spiro atoms. The maximum absolute atomic E-state index is 9.10. The molecule has 0 aliphatic heterocycles. The predicted molar refractivity (Wildman–Crippen MR) is 37.0 cm³/mol. The van der Waals surface area contributed by atoms with Crippen LogP contribution in [0, 0.1) is 38.6 Å². The van der Waals surface area contributed by atoms with Gasteiger partial charge >= 0.3 is 11.9 Å². The fourth-order valence-corrected chi connectivity index (χ4v) is 0. The summed E-state index contributed by atoms with van der Waals surface area (Å²) in [6.07, 6.45) is 0. The molecular weight excluding hydrogens is 343 g/mol. The molecule has 0 heterocycles. The molecule has 0 bridgehead atoms. The number of rotatable bonds is 0. The third kappa shape index (κ3) is 75.2. The molecule has 0 rings (SSSR count). The molecular formula is C2H14O10Tb. The van der Waals surface area contributed by atoms with E-state index in [4.69, 9.17) is 19.8 Å². The van der Waals surface area contributed by atoms with Crippen LogP contribution in [-0.2, 0) is 9.59 Å². The van der Waals surface area contributed by atoms with E-state index in [0.29, 0.717) is 0 Å². The topological polar surface area (TPSA) is 264 Å². The Hall–Kier alpha value is -0.0143. The van der Waals surface area contributed by atoms with Crippen LogP contribution in [0.1, 0.15) is 0 Å². The SMILES string of the molecule is O.O.O.O.O.O.O=C(O)C(=O)O.[Tb]. The average Bonchev–Trinajstić information content (AvgIpc) is 1.36. The van der Waals surface area contributed by atoms with Crippen molar-refractivity contribution in [3.63, 3.8) is 0 Å². The Morgan fingerprint density at radius 1 is 0.615 bits per heavy atom. The van der Waals surface area contributed by atoms with Gasteiger partial charge in [-0.3, -0.25) is 0 Å². The van der Waals surface area contributed by atoms with E-state index >= 15 is 0 Å². The first-order chi connectivity index (χ1) is 2.64. The molecule has 10 nitrogen and oxygen atoms in total. The Kier molecular flexibility index (Phi) is 233. The number of carboxylic acids is 2. The van der Waals surface area contributed by atoms with Crippen molar-refractivity contribution in [2.45, 2.75) is 0 Å². The monoisotopic (exact) mass is 357 g/mol. The van der Waals surface area contributed by atoms with Crippen LogP contribution < -0.4 is 0 Å². The van der Waals surface area contributed by atoms with Gasteiger partial charge in [-0.25, -0.2) is 9.59 Å². The Bertz CT molecular complexity index is 78.9. The smallest absolute Gasteiger partial charge is 0.414 e. The van der Waals surface area contributed by atoms with Crippen molar-refractivity contribution in [1.82, 2.24) is 0 Å². The van der Waals surface area contributed by atoms with Gasteiger partial charge in [0.25, 0.3) is 0 Å². The molecule has 0 aromatic rings. The minimum Gasteiger partial charge on any atom is -0.473 e. The molecule has 13 heavy (non-hydrogen) atoms. The summed E-state index contributed by atoms with van der Waals surface area (Å²) in [6, 6.07) is 0. The third-order valence-electron chi connectivity index (χ3n) is 0.183. The molecule has 0 unspecified atom stereocenters. The number of hydrogen-bond donors (Lipinski definition) is 2. The fourth-order valence-electron chi connectivity index (χ4n) is 0. The van der Waals surface area contributed by atoms with Crippen molar-refractivity contribution in [2.24, 2.45) is 0 Å². The summed E-state index contributed by atoms with van der Waals surface area (Å²) in [4.78, 5) is 18.2.